The smallest absolute Gasteiger partial charge is 0.271 e. The first-order valence-corrected chi connectivity index (χ1v) is 7.36. The summed E-state index contributed by atoms with van der Waals surface area (Å²) in [5.74, 6) is 0.373. The van der Waals surface area contributed by atoms with E-state index in [2.05, 4.69) is 10.2 Å². The molecule has 6 nitrogen and oxygen atoms in total. The lowest BCUT2D eigenvalue weighted by molar-refractivity contribution is -0.384. The molecule has 0 aliphatic carbocycles. The first-order valence-electron chi connectivity index (χ1n) is 6.98. The van der Waals surface area contributed by atoms with Crippen LogP contribution in [0.2, 0.25) is 5.02 Å². The molecule has 0 spiro atoms. The third-order valence-electron chi connectivity index (χ3n) is 3.37. The van der Waals surface area contributed by atoms with Gasteiger partial charge in [0.2, 0.25) is 0 Å². The van der Waals surface area contributed by atoms with Gasteiger partial charge in [0.15, 0.2) is 0 Å². The third kappa shape index (κ3) is 3.84. The van der Waals surface area contributed by atoms with Crippen molar-refractivity contribution in [3.63, 3.8) is 0 Å². The Hall–Kier alpha value is -2.47. The van der Waals surface area contributed by atoms with Crippen LogP contribution >= 0.6 is 11.6 Å². The van der Waals surface area contributed by atoms with Crippen molar-refractivity contribution in [2.45, 2.75) is 26.7 Å². The minimum absolute atomic E-state index is 0.100. The molecule has 0 amide bonds. The van der Waals surface area contributed by atoms with Crippen LogP contribution in [0.15, 0.2) is 40.6 Å². The minimum Gasteiger partial charge on any atom is -0.508 e. The number of azo groups is 1. The van der Waals surface area contributed by atoms with Crippen LogP contribution in [0.3, 0.4) is 0 Å². The van der Waals surface area contributed by atoms with Gasteiger partial charge in [-0.1, -0.05) is 25.4 Å². The van der Waals surface area contributed by atoms with Crippen molar-refractivity contribution in [1.29, 1.82) is 0 Å². The van der Waals surface area contributed by atoms with E-state index in [0.29, 0.717) is 11.4 Å². The predicted octanol–water partition coefficient (Wildman–Crippen LogP) is 5.80. The molecule has 0 unspecified atom stereocenters. The maximum Gasteiger partial charge on any atom is 0.271 e. The standard InChI is InChI=1S/C16H16ClN3O3/c1-9(2)12-8-15(10(3)6-16(12)21)19-18-14-5-4-11(20(22)23)7-13(14)17/h4-9,21H,1-3H3. The summed E-state index contributed by atoms with van der Waals surface area (Å²) >= 11 is 5.99. The van der Waals surface area contributed by atoms with Gasteiger partial charge < -0.3 is 5.11 Å². The van der Waals surface area contributed by atoms with E-state index in [1.807, 2.05) is 20.8 Å². The van der Waals surface area contributed by atoms with Crippen molar-refractivity contribution >= 4 is 28.7 Å². The summed E-state index contributed by atoms with van der Waals surface area (Å²) in [5.41, 5.74) is 2.40. The van der Waals surface area contributed by atoms with Gasteiger partial charge >= 0.3 is 0 Å². The molecule has 2 aromatic carbocycles. The van der Waals surface area contributed by atoms with Gasteiger partial charge in [0.05, 0.1) is 15.6 Å². The number of phenols is 1. The van der Waals surface area contributed by atoms with Crippen LogP contribution in [-0.4, -0.2) is 10.0 Å². The summed E-state index contributed by atoms with van der Waals surface area (Å²) in [6.45, 7) is 5.76. The monoisotopic (exact) mass is 333 g/mol. The molecule has 0 heterocycles. The summed E-state index contributed by atoms with van der Waals surface area (Å²) in [5, 5.41) is 29.0. The Morgan fingerprint density at radius 3 is 2.39 bits per heavy atom. The van der Waals surface area contributed by atoms with Gasteiger partial charge in [-0.3, -0.25) is 10.1 Å². The number of rotatable bonds is 4. The minimum atomic E-state index is -0.522. The maximum absolute atomic E-state index is 10.7. The van der Waals surface area contributed by atoms with Crippen molar-refractivity contribution in [1.82, 2.24) is 0 Å². The molecule has 120 valence electrons. The van der Waals surface area contributed by atoms with E-state index in [1.165, 1.54) is 18.2 Å². The van der Waals surface area contributed by atoms with Crippen LogP contribution in [-0.2, 0) is 0 Å². The topological polar surface area (TPSA) is 88.1 Å². The molecule has 2 rings (SSSR count). The SMILES string of the molecule is Cc1cc(O)c(C(C)C)cc1N=Nc1ccc([N+](=O)[O-])cc1Cl. The van der Waals surface area contributed by atoms with Crippen LogP contribution in [0, 0.1) is 17.0 Å². The maximum atomic E-state index is 10.7. The van der Waals surface area contributed by atoms with Crippen molar-refractivity contribution in [3.8, 4) is 5.75 Å². The van der Waals surface area contributed by atoms with Crippen molar-refractivity contribution in [3.05, 3.63) is 56.6 Å². The largest absolute Gasteiger partial charge is 0.508 e. The highest BCUT2D eigenvalue weighted by Gasteiger charge is 2.11. The highest BCUT2D eigenvalue weighted by molar-refractivity contribution is 6.33. The normalized spacial score (nSPS) is 11.3. The van der Waals surface area contributed by atoms with Gasteiger partial charge in [0.25, 0.3) is 5.69 Å². The Morgan fingerprint density at radius 2 is 1.83 bits per heavy atom. The summed E-state index contributed by atoms with van der Waals surface area (Å²) in [7, 11) is 0. The van der Waals surface area contributed by atoms with Crippen LogP contribution < -0.4 is 0 Å². The van der Waals surface area contributed by atoms with Crippen molar-refractivity contribution in [2.75, 3.05) is 0 Å². The van der Waals surface area contributed by atoms with Gasteiger partial charge in [-0.25, -0.2) is 0 Å². The van der Waals surface area contributed by atoms with Crippen molar-refractivity contribution in [2.24, 2.45) is 10.2 Å². The molecule has 0 saturated carbocycles. The van der Waals surface area contributed by atoms with Crippen LogP contribution in [0.5, 0.6) is 5.75 Å². The van der Waals surface area contributed by atoms with E-state index in [1.54, 1.807) is 12.1 Å². The van der Waals surface area contributed by atoms with Crippen molar-refractivity contribution < 1.29 is 10.0 Å². The second-order valence-corrected chi connectivity index (χ2v) is 5.85. The number of benzene rings is 2. The number of aromatic hydroxyl groups is 1. The van der Waals surface area contributed by atoms with Crippen LogP contribution in [0.4, 0.5) is 17.1 Å². The number of hydrogen-bond acceptors (Lipinski definition) is 5. The molecule has 0 atom stereocenters. The van der Waals surface area contributed by atoms with E-state index >= 15 is 0 Å². The summed E-state index contributed by atoms with van der Waals surface area (Å²) in [6.07, 6.45) is 0. The number of hydrogen-bond donors (Lipinski definition) is 1. The van der Waals surface area contributed by atoms with Crippen LogP contribution in [0.1, 0.15) is 30.9 Å². The van der Waals surface area contributed by atoms with Gasteiger partial charge in [-0.15, -0.1) is 5.11 Å². The van der Waals surface area contributed by atoms with Gasteiger partial charge in [0, 0.05) is 12.1 Å². The molecule has 0 bridgehead atoms. The molecular weight excluding hydrogens is 318 g/mol. The molecule has 23 heavy (non-hydrogen) atoms. The first-order chi connectivity index (χ1) is 10.8. The fourth-order valence-corrected chi connectivity index (χ4v) is 2.28. The summed E-state index contributed by atoms with van der Waals surface area (Å²) < 4.78 is 0. The Balaban J connectivity index is 2.37. The first kappa shape index (κ1) is 16.9. The molecule has 0 radical (unpaired) electrons. The van der Waals surface area contributed by atoms with E-state index in [9.17, 15) is 15.2 Å². The molecule has 7 heteroatoms. The molecule has 0 aliphatic rings. The fourth-order valence-electron chi connectivity index (χ4n) is 2.07. The number of halogens is 1. The lowest BCUT2D eigenvalue weighted by Gasteiger charge is -2.10. The third-order valence-corrected chi connectivity index (χ3v) is 3.68. The number of nitrogens with zero attached hydrogens (tertiary/aromatic N) is 3. The van der Waals surface area contributed by atoms with E-state index < -0.39 is 4.92 Å². The highest BCUT2D eigenvalue weighted by atomic mass is 35.5. The Bertz CT molecular complexity index is 788. The zero-order valence-electron chi connectivity index (χ0n) is 12.9. The summed E-state index contributed by atoms with van der Waals surface area (Å²) in [4.78, 5) is 10.2. The zero-order valence-corrected chi connectivity index (χ0v) is 13.7. The van der Waals surface area contributed by atoms with E-state index in [4.69, 9.17) is 11.6 Å². The molecule has 1 N–H and O–H groups in total. The average Bonchev–Trinajstić information content (AvgIpc) is 2.46. The number of nitro benzene ring substituents is 1. The Morgan fingerprint density at radius 1 is 1.17 bits per heavy atom. The number of non-ortho nitro benzene ring substituents is 1. The fraction of sp³-hybridized carbons (Fsp3) is 0.250. The second kappa shape index (κ2) is 6.75. The lowest BCUT2D eigenvalue weighted by Crippen LogP contribution is -1.89. The highest BCUT2D eigenvalue weighted by Crippen LogP contribution is 2.35. The van der Waals surface area contributed by atoms with Crippen LogP contribution in [0.25, 0.3) is 0 Å². The van der Waals surface area contributed by atoms with Gasteiger partial charge in [0.1, 0.15) is 11.4 Å². The zero-order chi connectivity index (χ0) is 17.1. The van der Waals surface area contributed by atoms with E-state index in [-0.39, 0.29) is 22.4 Å². The van der Waals surface area contributed by atoms with E-state index in [0.717, 1.165) is 11.1 Å². The Kier molecular flexibility index (Phi) is 4.95. The Labute approximate surface area is 138 Å². The van der Waals surface area contributed by atoms with Gasteiger partial charge in [-0.05, 0) is 42.2 Å². The molecule has 0 aliphatic heterocycles. The van der Waals surface area contributed by atoms with Gasteiger partial charge in [-0.2, -0.15) is 5.11 Å². The quantitative estimate of drug-likeness (QED) is 0.435. The molecule has 0 aromatic heterocycles. The number of phenolic OH excluding ortho intramolecular Hbond substituents is 1. The summed E-state index contributed by atoms with van der Waals surface area (Å²) in [6, 6.07) is 7.42. The lowest BCUT2D eigenvalue weighted by atomic mass is 9.99. The average molecular weight is 334 g/mol. The molecule has 0 fully saturated rings. The molecule has 2 aromatic rings. The second-order valence-electron chi connectivity index (χ2n) is 5.45. The number of nitro groups is 1. The molecular formula is C16H16ClN3O3. The molecule has 0 saturated heterocycles. The predicted molar refractivity (Wildman–Crippen MR) is 89.2 cm³/mol. The number of aryl methyl sites for hydroxylation is 1.